The van der Waals surface area contributed by atoms with E-state index < -0.39 is 20.5 Å². The third-order valence-corrected chi connectivity index (χ3v) is 4.48. The van der Waals surface area contributed by atoms with Crippen LogP contribution in [0.4, 0.5) is 10.2 Å². The van der Waals surface area contributed by atoms with Gasteiger partial charge in [0.15, 0.2) is 9.84 Å². The van der Waals surface area contributed by atoms with Crippen molar-refractivity contribution >= 4 is 15.7 Å². The Bertz CT molecular complexity index is 473. The molecule has 0 amide bonds. The van der Waals surface area contributed by atoms with Crippen molar-refractivity contribution < 1.29 is 12.8 Å². The molecule has 0 aliphatic rings. The monoisotopic (exact) mass is 247 g/mol. The SMILES string of the molecule is CC(C)(CNc1cc(F)ncn1)S(C)(=O)=O. The minimum atomic E-state index is -3.18. The van der Waals surface area contributed by atoms with Crippen LogP contribution in [0.5, 0.6) is 0 Å². The van der Waals surface area contributed by atoms with Crippen molar-refractivity contribution in [2.24, 2.45) is 0 Å². The summed E-state index contributed by atoms with van der Waals surface area (Å²) in [5, 5.41) is 2.76. The number of anilines is 1. The minimum absolute atomic E-state index is 0.155. The quantitative estimate of drug-likeness (QED) is 0.799. The van der Waals surface area contributed by atoms with E-state index in [9.17, 15) is 12.8 Å². The fourth-order valence-electron chi connectivity index (χ4n) is 0.865. The molecule has 1 heterocycles. The maximum atomic E-state index is 12.7. The molecule has 0 fully saturated rings. The van der Waals surface area contributed by atoms with Gasteiger partial charge in [0.05, 0.1) is 4.75 Å². The molecule has 5 nitrogen and oxygen atoms in total. The molecule has 0 spiro atoms. The largest absolute Gasteiger partial charge is 0.368 e. The molecule has 0 bridgehead atoms. The summed E-state index contributed by atoms with van der Waals surface area (Å²) < 4.78 is 34.6. The van der Waals surface area contributed by atoms with Crippen molar-refractivity contribution in [2.75, 3.05) is 18.1 Å². The van der Waals surface area contributed by atoms with Crippen molar-refractivity contribution in [3.63, 3.8) is 0 Å². The van der Waals surface area contributed by atoms with E-state index in [0.717, 1.165) is 18.6 Å². The topological polar surface area (TPSA) is 72.0 Å². The van der Waals surface area contributed by atoms with E-state index >= 15 is 0 Å². The molecular weight excluding hydrogens is 233 g/mol. The zero-order chi connectivity index (χ0) is 12.4. The molecular formula is C9H14FN3O2S. The maximum Gasteiger partial charge on any atom is 0.217 e. The van der Waals surface area contributed by atoms with Crippen LogP contribution in [-0.2, 0) is 9.84 Å². The number of nitrogens with one attached hydrogen (secondary N) is 1. The molecule has 0 saturated heterocycles. The van der Waals surface area contributed by atoms with Crippen LogP contribution in [0.2, 0.25) is 0 Å². The Morgan fingerprint density at radius 3 is 2.56 bits per heavy atom. The summed E-state index contributed by atoms with van der Waals surface area (Å²) in [6.45, 7) is 3.34. The summed E-state index contributed by atoms with van der Waals surface area (Å²) in [6, 6.07) is 1.11. The van der Waals surface area contributed by atoms with Crippen molar-refractivity contribution in [3.05, 3.63) is 18.3 Å². The number of sulfone groups is 1. The fraction of sp³-hybridized carbons (Fsp3) is 0.556. The first-order valence-electron chi connectivity index (χ1n) is 4.63. The van der Waals surface area contributed by atoms with Crippen molar-refractivity contribution in [1.82, 2.24) is 9.97 Å². The standard InChI is InChI=1S/C9H14FN3O2S/c1-9(2,16(3,14)15)5-11-8-4-7(10)12-6-13-8/h4,6H,5H2,1-3H3,(H,11,12,13). The fourth-order valence-corrected chi connectivity index (χ4v) is 1.20. The summed E-state index contributed by atoms with van der Waals surface area (Å²) in [5.41, 5.74) is 0. The molecule has 0 atom stereocenters. The van der Waals surface area contributed by atoms with Crippen LogP contribution in [0.25, 0.3) is 0 Å². The molecule has 16 heavy (non-hydrogen) atoms. The normalized spacial score (nSPS) is 12.5. The van der Waals surface area contributed by atoms with E-state index in [1.54, 1.807) is 13.8 Å². The van der Waals surface area contributed by atoms with Gasteiger partial charge in [0.1, 0.15) is 12.1 Å². The molecule has 0 aliphatic heterocycles. The third kappa shape index (κ3) is 3.13. The van der Waals surface area contributed by atoms with Gasteiger partial charge >= 0.3 is 0 Å². The second kappa shape index (κ2) is 4.32. The van der Waals surface area contributed by atoms with Crippen molar-refractivity contribution in [1.29, 1.82) is 0 Å². The van der Waals surface area contributed by atoms with Crippen LogP contribution < -0.4 is 5.32 Å². The highest BCUT2D eigenvalue weighted by Crippen LogP contribution is 2.15. The summed E-state index contributed by atoms with van der Waals surface area (Å²) >= 11 is 0. The molecule has 0 radical (unpaired) electrons. The van der Waals surface area contributed by atoms with Crippen LogP contribution in [-0.4, -0.2) is 35.9 Å². The zero-order valence-corrected chi connectivity index (χ0v) is 10.2. The van der Waals surface area contributed by atoms with Crippen LogP contribution in [0, 0.1) is 5.95 Å². The van der Waals surface area contributed by atoms with Crippen LogP contribution in [0.15, 0.2) is 12.4 Å². The molecule has 1 aromatic rings. The first-order chi connectivity index (χ1) is 7.22. The van der Waals surface area contributed by atoms with Gasteiger partial charge in [-0.2, -0.15) is 4.39 Å². The van der Waals surface area contributed by atoms with Gasteiger partial charge in [-0.05, 0) is 13.8 Å². The van der Waals surface area contributed by atoms with Gasteiger partial charge in [0.2, 0.25) is 5.95 Å². The van der Waals surface area contributed by atoms with E-state index in [0.29, 0.717) is 0 Å². The second-order valence-corrected chi connectivity index (χ2v) is 6.76. The smallest absolute Gasteiger partial charge is 0.217 e. The predicted molar refractivity (Wildman–Crippen MR) is 59.4 cm³/mol. The summed E-state index contributed by atoms with van der Waals surface area (Å²) in [4.78, 5) is 7.06. The number of nitrogens with zero attached hydrogens (tertiary/aromatic N) is 2. The number of halogens is 1. The number of aromatic nitrogens is 2. The van der Waals surface area contributed by atoms with E-state index in [-0.39, 0.29) is 12.4 Å². The Morgan fingerprint density at radius 1 is 1.44 bits per heavy atom. The van der Waals surface area contributed by atoms with Gasteiger partial charge in [-0.1, -0.05) is 0 Å². The molecule has 1 aromatic heterocycles. The van der Waals surface area contributed by atoms with Gasteiger partial charge in [0, 0.05) is 18.9 Å². The minimum Gasteiger partial charge on any atom is -0.368 e. The van der Waals surface area contributed by atoms with E-state index in [1.165, 1.54) is 0 Å². The van der Waals surface area contributed by atoms with E-state index in [4.69, 9.17) is 0 Å². The van der Waals surface area contributed by atoms with Crippen LogP contribution in [0.3, 0.4) is 0 Å². The summed E-state index contributed by atoms with van der Waals surface area (Å²) in [7, 11) is -3.18. The number of hydrogen-bond acceptors (Lipinski definition) is 5. The van der Waals surface area contributed by atoms with Crippen LogP contribution in [0.1, 0.15) is 13.8 Å². The Balaban J connectivity index is 2.72. The highest BCUT2D eigenvalue weighted by molar-refractivity contribution is 7.92. The van der Waals surface area contributed by atoms with Gasteiger partial charge in [0.25, 0.3) is 0 Å². The number of rotatable bonds is 4. The lowest BCUT2D eigenvalue weighted by Gasteiger charge is -2.22. The Morgan fingerprint density at radius 2 is 2.06 bits per heavy atom. The highest BCUT2D eigenvalue weighted by atomic mass is 32.2. The average Bonchev–Trinajstić information content (AvgIpc) is 2.13. The molecule has 1 rings (SSSR count). The van der Waals surface area contributed by atoms with Crippen molar-refractivity contribution in [3.8, 4) is 0 Å². The predicted octanol–water partition coefficient (Wildman–Crippen LogP) is 0.851. The Labute approximate surface area is 94.0 Å². The lowest BCUT2D eigenvalue weighted by molar-refractivity contribution is 0.559. The number of hydrogen-bond donors (Lipinski definition) is 1. The average molecular weight is 247 g/mol. The first kappa shape index (κ1) is 12.8. The molecule has 1 N–H and O–H groups in total. The first-order valence-corrected chi connectivity index (χ1v) is 6.52. The molecule has 0 unspecified atom stereocenters. The van der Waals surface area contributed by atoms with Gasteiger partial charge in [-0.15, -0.1) is 0 Å². The Hall–Kier alpha value is -1.24. The maximum absolute atomic E-state index is 12.7. The molecule has 90 valence electrons. The highest BCUT2D eigenvalue weighted by Gasteiger charge is 2.29. The van der Waals surface area contributed by atoms with Crippen LogP contribution >= 0.6 is 0 Å². The van der Waals surface area contributed by atoms with E-state index in [1.807, 2.05) is 0 Å². The molecule has 7 heteroatoms. The molecule has 0 aliphatic carbocycles. The van der Waals surface area contributed by atoms with E-state index in [2.05, 4.69) is 15.3 Å². The second-order valence-electron chi connectivity index (χ2n) is 4.11. The van der Waals surface area contributed by atoms with Gasteiger partial charge < -0.3 is 5.32 Å². The summed E-state index contributed by atoms with van der Waals surface area (Å²) in [5.74, 6) is -0.390. The summed E-state index contributed by atoms with van der Waals surface area (Å²) in [6.07, 6.45) is 2.24. The van der Waals surface area contributed by atoms with Gasteiger partial charge in [-0.3, -0.25) is 0 Å². The van der Waals surface area contributed by atoms with Crippen molar-refractivity contribution in [2.45, 2.75) is 18.6 Å². The van der Waals surface area contributed by atoms with Gasteiger partial charge in [-0.25, -0.2) is 18.4 Å². The molecule has 0 aromatic carbocycles. The lowest BCUT2D eigenvalue weighted by atomic mass is 10.2. The Kier molecular flexibility index (Phi) is 3.47. The molecule has 0 saturated carbocycles. The zero-order valence-electron chi connectivity index (χ0n) is 9.36. The third-order valence-electron chi connectivity index (χ3n) is 2.33. The lowest BCUT2D eigenvalue weighted by Crippen LogP contribution is -2.38.